The fourth-order valence-corrected chi connectivity index (χ4v) is 2.44. The Kier molecular flexibility index (Phi) is 3.65. The summed E-state index contributed by atoms with van der Waals surface area (Å²) in [5, 5.41) is 12.6. The maximum absolute atomic E-state index is 10.1. The molecular formula is C16H17BN2O2. The Hall–Kier alpha value is -2.30. The molecule has 0 fully saturated rings. The number of fused-ring (bicyclic) bond motifs is 3. The van der Waals surface area contributed by atoms with Gasteiger partial charge in [-0.15, -0.1) is 0 Å². The van der Waals surface area contributed by atoms with Crippen molar-refractivity contribution in [3.63, 3.8) is 0 Å². The molecule has 0 unspecified atom stereocenters. The van der Waals surface area contributed by atoms with Crippen LogP contribution in [-0.4, -0.2) is 29.5 Å². The lowest BCUT2D eigenvalue weighted by Gasteiger charge is -2.11. The van der Waals surface area contributed by atoms with E-state index in [-0.39, 0.29) is 5.88 Å². The highest BCUT2D eigenvalue weighted by molar-refractivity contribution is 6.34. The van der Waals surface area contributed by atoms with Gasteiger partial charge in [-0.05, 0) is 18.6 Å². The molecule has 3 rings (SSSR count). The lowest BCUT2D eigenvalue weighted by Crippen LogP contribution is -2.03. The number of aromatic nitrogens is 2. The normalized spacial score (nSPS) is 11.1. The predicted octanol–water partition coefficient (Wildman–Crippen LogP) is 1.93. The zero-order chi connectivity index (χ0) is 14.8. The molecule has 106 valence electrons. The Morgan fingerprint density at radius 2 is 2.10 bits per heavy atom. The van der Waals surface area contributed by atoms with Crippen molar-refractivity contribution < 1.29 is 9.84 Å². The zero-order valence-electron chi connectivity index (χ0n) is 12.3. The Balaban J connectivity index is 2.27. The van der Waals surface area contributed by atoms with E-state index in [1.165, 1.54) is 0 Å². The second kappa shape index (κ2) is 5.60. The van der Waals surface area contributed by atoms with Gasteiger partial charge in [-0.1, -0.05) is 30.9 Å². The minimum absolute atomic E-state index is 0.0446. The van der Waals surface area contributed by atoms with Gasteiger partial charge in [0.1, 0.15) is 7.85 Å². The number of benzene rings is 1. The maximum Gasteiger partial charge on any atom is 0.223 e. The van der Waals surface area contributed by atoms with Gasteiger partial charge in [0, 0.05) is 17.0 Å². The Morgan fingerprint density at radius 3 is 2.90 bits per heavy atom. The van der Waals surface area contributed by atoms with E-state index in [1.807, 2.05) is 26.0 Å². The quantitative estimate of drug-likeness (QED) is 0.450. The molecule has 0 aliphatic carbocycles. The number of rotatable bonds is 4. The van der Waals surface area contributed by atoms with Crippen molar-refractivity contribution in [2.45, 2.75) is 19.8 Å². The van der Waals surface area contributed by atoms with Crippen LogP contribution in [0.3, 0.4) is 0 Å². The number of hydrogen-bond acceptors (Lipinski definition) is 4. The van der Waals surface area contributed by atoms with Crippen LogP contribution >= 0.6 is 0 Å². The summed E-state index contributed by atoms with van der Waals surface area (Å²) in [7, 11) is 2.02. The van der Waals surface area contributed by atoms with Gasteiger partial charge in [-0.25, -0.2) is 9.97 Å². The molecule has 0 spiro atoms. The summed E-state index contributed by atoms with van der Waals surface area (Å²) in [6.07, 6.45) is 3.72. The molecule has 0 amide bonds. The van der Waals surface area contributed by atoms with Gasteiger partial charge in [0.2, 0.25) is 11.8 Å². The van der Waals surface area contributed by atoms with Crippen molar-refractivity contribution in [2.24, 2.45) is 0 Å². The molecule has 0 saturated heterocycles. The maximum atomic E-state index is 10.1. The number of pyridine rings is 2. The van der Waals surface area contributed by atoms with Gasteiger partial charge in [0.25, 0.3) is 0 Å². The highest BCUT2D eigenvalue weighted by Crippen LogP contribution is 2.33. The molecule has 21 heavy (non-hydrogen) atoms. The molecule has 1 N–H and O–H groups in total. The average molecular weight is 280 g/mol. The number of nitrogens with zero attached hydrogens (tertiary/aromatic N) is 2. The number of ether oxygens (including phenoxy) is 1. The summed E-state index contributed by atoms with van der Waals surface area (Å²) >= 11 is 0. The van der Waals surface area contributed by atoms with Gasteiger partial charge < -0.3 is 9.84 Å². The molecule has 0 aliphatic rings. The molecule has 2 aromatic heterocycles. The fourth-order valence-electron chi connectivity index (χ4n) is 2.44. The monoisotopic (exact) mass is 280 g/mol. The second-order valence-corrected chi connectivity index (χ2v) is 5.20. The Bertz CT molecular complexity index is 805. The first-order chi connectivity index (χ1) is 10.2. The van der Waals surface area contributed by atoms with Crippen LogP contribution in [0.25, 0.3) is 21.7 Å². The fraction of sp³-hybridized carbons (Fsp3) is 0.250. The van der Waals surface area contributed by atoms with Gasteiger partial charge in [0.05, 0.1) is 17.5 Å². The Morgan fingerprint density at radius 1 is 1.24 bits per heavy atom. The molecule has 5 heteroatoms. The van der Waals surface area contributed by atoms with Crippen LogP contribution < -0.4 is 10.2 Å². The highest BCUT2D eigenvalue weighted by Gasteiger charge is 2.13. The van der Waals surface area contributed by atoms with Crippen molar-refractivity contribution in [2.75, 3.05) is 6.61 Å². The predicted molar refractivity (Wildman–Crippen MR) is 87.3 cm³/mol. The van der Waals surface area contributed by atoms with E-state index >= 15 is 0 Å². The van der Waals surface area contributed by atoms with Gasteiger partial charge in [0.15, 0.2) is 0 Å². The minimum atomic E-state index is 0.0446. The van der Waals surface area contributed by atoms with E-state index in [0.29, 0.717) is 18.0 Å². The van der Waals surface area contributed by atoms with Crippen molar-refractivity contribution in [3.8, 4) is 11.8 Å². The number of hydrogen-bond donors (Lipinski definition) is 1. The van der Waals surface area contributed by atoms with E-state index < -0.39 is 0 Å². The molecule has 0 atom stereocenters. The highest BCUT2D eigenvalue weighted by atomic mass is 16.5. The lowest BCUT2D eigenvalue weighted by atomic mass is 9.93. The lowest BCUT2D eigenvalue weighted by molar-refractivity contribution is 0.302. The summed E-state index contributed by atoms with van der Waals surface area (Å²) in [5.41, 5.74) is 1.82. The van der Waals surface area contributed by atoms with E-state index in [0.717, 1.165) is 34.5 Å². The number of unbranched alkanes of at least 4 members (excludes halogenated alkanes) is 1. The first-order valence-corrected chi connectivity index (χ1v) is 7.21. The van der Waals surface area contributed by atoms with Gasteiger partial charge >= 0.3 is 0 Å². The van der Waals surface area contributed by atoms with Gasteiger partial charge in [-0.3, -0.25) is 0 Å². The van der Waals surface area contributed by atoms with Crippen LogP contribution in [0, 0.1) is 0 Å². The summed E-state index contributed by atoms with van der Waals surface area (Å²) in [4.78, 5) is 8.60. The Labute approximate surface area is 124 Å². The molecule has 0 saturated carbocycles. The summed E-state index contributed by atoms with van der Waals surface area (Å²) in [6, 6.07) is 7.68. The van der Waals surface area contributed by atoms with E-state index in [4.69, 9.17) is 4.74 Å². The van der Waals surface area contributed by atoms with Crippen molar-refractivity contribution in [1.82, 2.24) is 9.97 Å². The van der Waals surface area contributed by atoms with Crippen LogP contribution in [0.15, 0.2) is 30.5 Å². The van der Waals surface area contributed by atoms with Crippen LogP contribution in [0.1, 0.15) is 19.8 Å². The molecule has 2 heterocycles. The average Bonchev–Trinajstić information content (AvgIpc) is 2.47. The molecule has 0 bridgehead atoms. The van der Waals surface area contributed by atoms with E-state index in [9.17, 15) is 5.11 Å². The van der Waals surface area contributed by atoms with Crippen molar-refractivity contribution in [3.05, 3.63) is 30.5 Å². The summed E-state index contributed by atoms with van der Waals surface area (Å²) in [5.74, 6) is 0.632. The molecule has 0 radical (unpaired) electrons. The first kappa shape index (κ1) is 13.7. The topological polar surface area (TPSA) is 55.2 Å². The third-order valence-electron chi connectivity index (χ3n) is 3.54. The third-order valence-corrected chi connectivity index (χ3v) is 3.54. The third kappa shape index (κ3) is 2.51. The molecule has 3 aromatic rings. The smallest absolute Gasteiger partial charge is 0.223 e. The number of aromatic hydroxyl groups is 1. The van der Waals surface area contributed by atoms with E-state index in [2.05, 4.69) is 16.9 Å². The molecule has 0 aliphatic heterocycles. The van der Waals surface area contributed by atoms with E-state index in [1.54, 1.807) is 12.3 Å². The minimum Gasteiger partial charge on any atom is -0.493 e. The molecule has 1 aromatic carbocycles. The van der Waals surface area contributed by atoms with Crippen LogP contribution in [-0.2, 0) is 0 Å². The first-order valence-electron chi connectivity index (χ1n) is 7.21. The van der Waals surface area contributed by atoms with Crippen molar-refractivity contribution >= 4 is 35.0 Å². The second-order valence-electron chi connectivity index (χ2n) is 5.20. The largest absolute Gasteiger partial charge is 0.493 e. The summed E-state index contributed by atoms with van der Waals surface area (Å²) in [6.45, 7) is 2.76. The van der Waals surface area contributed by atoms with Crippen LogP contribution in [0.2, 0.25) is 0 Å². The van der Waals surface area contributed by atoms with Crippen LogP contribution in [0.4, 0.5) is 0 Å². The molecule has 4 nitrogen and oxygen atoms in total. The van der Waals surface area contributed by atoms with Crippen molar-refractivity contribution in [1.29, 1.82) is 0 Å². The standard InChI is InChI=1S/C16H17BN2O2/c1-2-3-8-21-16-14-12-9-10(17)4-5-11(12)15(20)19-13(14)6-7-18-16/h4-7,9H,2-3,8,17H2,1H3,(H,19,20). The molecular weight excluding hydrogens is 263 g/mol. The SMILES string of the molecule is Bc1ccc2c(O)nc3ccnc(OCCCC)c3c2c1. The van der Waals surface area contributed by atoms with Crippen LogP contribution in [0.5, 0.6) is 11.8 Å². The van der Waals surface area contributed by atoms with Gasteiger partial charge in [-0.2, -0.15) is 0 Å². The summed E-state index contributed by atoms with van der Waals surface area (Å²) < 4.78 is 5.81. The zero-order valence-corrected chi connectivity index (χ0v) is 12.3.